The summed E-state index contributed by atoms with van der Waals surface area (Å²) in [5, 5.41) is 0. The van der Waals surface area contributed by atoms with Crippen molar-refractivity contribution in [2.75, 3.05) is 0 Å². The number of halogens is 1. The number of hydrogen-bond acceptors (Lipinski definition) is 3. The zero-order valence-corrected chi connectivity index (χ0v) is 14.5. The van der Waals surface area contributed by atoms with Crippen LogP contribution in [0.4, 0.5) is 0 Å². The van der Waals surface area contributed by atoms with E-state index in [1.807, 2.05) is 18.2 Å². The average molecular weight is 408 g/mol. The quantitative estimate of drug-likeness (QED) is 0.398. The van der Waals surface area contributed by atoms with Crippen LogP contribution >= 0.6 is 22.6 Å². The largest absolute Gasteiger partial charge is 0.489 e. The van der Waals surface area contributed by atoms with Crippen LogP contribution in [0.5, 0.6) is 5.75 Å². The summed E-state index contributed by atoms with van der Waals surface area (Å²) in [6, 6.07) is 13.9. The van der Waals surface area contributed by atoms with Gasteiger partial charge in [-0.15, -0.1) is 0 Å². The molecule has 0 unspecified atom stereocenters. The molecular formula is C18H17IO3. The molecule has 0 saturated carbocycles. The topological polar surface area (TPSA) is 43.4 Å². The Balaban J connectivity index is 2.04. The Morgan fingerprint density at radius 2 is 1.82 bits per heavy atom. The SMILES string of the molecule is CCc1ccc(COc2ccc(I)c(CC(=O)C=O)c2)cc1. The third kappa shape index (κ3) is 4.66. The van der Waals surface area contributed by atoms with Gasteiger partial charge in [0.25, 0.3) is 0 Å². The van der Waals surface area contributed by atoms with Crippen molar-refractivity contribution < 1.29 is 14.3 Å². The van der Waals surface area contributed by atoms with Crippen LogP contribution < -0.4 is 4.74 Å². The maximum absolute atomic E-state index is 11.3. The third-order valence-corrected chi connectivity index (χ3v) is 4.40. The predicted octanol–water partition coefficient (Wildman–Crippen LogP) is 3.74. The Hall–Kier alpha value is -1.69. The molecule has 0 radical (unpaired) electrons. The number of aldehydes is 1. The highest BCUT2D eigenvalue weighted by atomic mass is 127. The number of Topliss-reactive ketones (excluding diaryl/α,β-unsaturated/α-hetero) is 1. The molecule has 2 aromatic rings. The number of ether oxygens (including phenoxy) is 1. The minimum Gasteiger partial charge on any atom is -0.489 e. The van der Waals surface area contributed by atoms with Gasteiger partial charge in [-0.2, -0.15) is 0 Å². The zero-order valence-electron chi connectivity index (χ0n) is 12.3. The molecule has 0 fully saturated rings. The first-order chi connectivity index (χ1) is 10.6. The second kappa shape index (κ2) is 8.08. The normalized spacial score (nSPS) is 10.3. The van der Waals surface area contributed by atoms with E-state index in [4.69, 9.17) is 4.74 Å². The fraction of sp³-hybridized carbons (Fsp3) is 0.222. The standard InChI is InChI=1S/C18H17IO3/c1-2-13-3-5-14(6-4-13)12-22-17-7-8-18(19)15(10-17)9-16(21)11-20/h3-8,10-11H,2,9,12H2,1H3. The van der Waals surface area contributed by atoms with Gasteiger partial charge in [-0.1, -0.05) is 31.2 Å². The molecule has 0 N–H and O–H groups in total. The van der Waals surface area contributed by atoms with Gasteiger partial charge in [0.05, 0.1) is 0 Å². The van der Waals surface area contributed by atoms with E-state index in [2.05, 4.69) is 53.8 Å². The summed E-state index contributed by atoms with van der Waals surface area (Å²) in [4.78, 5) is 21.8. The van der Waals surface area contributed by atoms with Crippen molar-refractivity contribution >= 4 is 34.7 Å². The number of carbonyl (C=O) groups excluding carboxylic acids is 2. The summed E-state index contributed by atoms with van der Waals surface area (Å²) >= 11 is 2.15. The molecule has 0 aliphatic heterocycles. The highest BCUT2D eigenvalue weighted by Crippen LogP contribution is 2.21. The number of hydrogen-bond donors (Lipinski definition) is 0. The fourth-order valence-corrected chi connectivity index (χ4v) is 2.57. The first-order valence-electron chi connectivity index (χ1n) is 7.09. The van der Waals surface area contributed by atoms with Crippen LogP contribution in [0, 0.1) is 3.57 Å². The summed E-state index contributed by atoms with van der Waals surface area (Å²) in [5.74, 6) is 0.277. The van der Waals surface area contributed by atoms with Crippen LogP contribution in [0.15, 0.2) is 42.5 Å². The molecule has 2 rings (SSSR count). The second-order valence-corrected chi connectivity index (χ2v) is 6.14. The van der Waals surface area contributed by atoms with Gasteiger partial charge in [0.2, 0.25) is 0 Å². The maximum Gasteiger partial charge on any atom is 0.199 e. The van der Waals surface area contributed by atoms with E-state index in [9.17, 15) is 9.59 Å². The minimum absolute atomic E-state index is 0.115. The number of carbonyl (C=O) groups is 2. The zero-order chi connectivity index (χ0) is 15.9. The van der Waals surface area contributed by atoms with Crippen molar-refractivity contribution in [3.63, 3.8) is 0 Å². The lowest BCUT2D eigenvalue weighted by Crippen LogP contribution is -2.05. The van der Waals surface area contributed by atoms with Crippen LogP contribution in [0.2, 0.25) is 0 Å². The lowest BCUT2D eigenvalue weighted by atomic mass is 10.1. The summed E-state index contributed by atoms with van der Waals surface area (Å²) in [6.07, 6.45) is 1.50. The van der Waals surface area contributed by atoms with Crippen LogP contribution in [0.25, 0.3) is 0 Å². The Bertz CT molecular complexity index is 663. The molecule has 0 saturated heterocycles. The lowest BCUT2D eigenvalue weighted by Gasteiger charge is -2.09. The van der Waals surface area contributed by atoms with Gasteiger partial charge in [0.1, 0.15) is 12.4 Å². The molecule has 0 aliphatic carbocycles. The average Bonchev–Trinajstić information content (AvgIpc) is 2.55. The van der Waals surface area contributed by atoms with E-state index in [1.54, 1.807) is 0 Å². The molecule has 0 bridgehead atoms. The predicted molar refractivity (Wildman–Crippen MR) is 94.1 cm³/mol. The first-order valence-corrected chi connectivity index (χ1v) is 8.17. The lowest BCUT2D eigenvalue weighted by molar-refractivity contribution is -0.129. The Labute approximate surface area is 143 Å². The second-order valence-electron chi connectivity index (χ2n) is 4.97. The van der Waals surface area contributed by atoms with E-state index in [0.717, 1.165) is 21.1 Å². The van der Waals surface area contributed by atoms with E-state index in [1.165, 1.54) is 5.56 Å². The molecule has 0 heterocycles. The van der Waals surface area contributed by atoms with Crippen molar-refractivity contribution in [1.29, 1.82) is 0 Å². The molecule has 0 aliphatic rings. The van der Waals surface area contributed by atoms with E-state index < -0.39 is 5.78 Å². The Kier molecular flexibility index (Phi) is 6.12. The monoisotopic (exact) mass is 408 g/mol. The van der Waals surface area contributed by atoms with Crippen LogP contribution in [-0.4, -0.2) is 12.1 Å². The van der Waals surface area contributed by atoms with Crippen LogP contribution in [0.3, 0.4) is 0 Å². The molecule has 0 aromatic heterocycles. The van der Waals surface area contributed by atoms with Crippen molar-refractivity contribution in [2.24, 2.45) is 0 Å². The molecule has 114 valence electrons. The number of rotatable bonds is 7. The van der Waals surface area contributed by atoms with E-state index in [0.29, 0.717) is 18.6 Å². The van der Waals surface area contributed by atoms with Crippen molar-refractivity contribution in [3.05, 3.63) is 62.7 Å². The highest BCUT2D eigenvalue weighted by molar-refractivity contribution is 14.1. The Morgan fingerprint density at radius 3 is 2.45 bits per heavy atom. The molecule has 3 nitrogen and oxygen atoms in total. The first kappa shape index (κ1) is 16.7. The van der Waals surface area contributed by atoms with Crippen molar-refractivity contribution in [1.82, 2.24) is 0 Å². The third-order valence-electron chi connectivity index (χ3n) is 3.35. The minimum atomic E-state index is -0.426. The van der Waals surface area contributed by atoms with Crippen molar-refractivity contribution in [3.8, 4) is 5.75 Å². The van der Waals surface area contributed by atoms with Gasteiger partial charge in [-0.05, 0) is 63.9 Å². The Morgan fingerprint density at radius 1 is 1.14 bits per heavy atom. The van der Waals surface area contributed by atoms with Crippen LogP contribution in [-0.2, 0) is 29.0 Å². The van der Waals surface area contributed by atoms with E-state index in [-0.39, 0.29) is 6.42 Å². The number of ketones is 1. The molecule has 2 aromatic carbocycles. The molecule has 4 heteroatoms. The summed E-state index contributed by atoms with van der Waals surface area (Å²) in [6.45, 7) is 2.60. The molecular weight excluding hydrogens is 391 g/mol. The number of aryl methyl sites for hydroxylation is 1. The van der Waals surface area contributed by atoms with Gasteiger partial charge in [0.15, 0.2) is 12.1 Å². The van der Waals surface area contributed by atoms with Gasteiger partial charge < -0.3 is 4.74 Å². The van der Waals surface area contributed by atoms with Crippen molar-refractivity contribution in [2.45, 2.75) is 26.4 Å². The highest BCUT2D eigenvalue weighted by Gasteiger charge is 2.08. The van der Waals surface area contributed by atoms with E-state index >= 15 is 0 Å². The molecule has 0 atom stereocenters. The summed E-state index contributed by atoms with van der Waals surface area (Å²) < 4.78 is 6.72. The van der Waals surface area contributed by atoms with Gasteiger partial charge in [-0.3, -0.25) is 9.59 Å². The molecule has 0 spiro atoms. The van der Waals surface area contributed by atoms with Gasteiger partial charge >= 0.3 is 0 Å². The molecule has 22 heavy (non-hydrogen) atoms. The fourth-order valence-electron chi connectivity index (χ4n) is 2.04. The van der Waals surface area contributed by atoms with Gasteiger partial charge in [0, 0.05) is 9.99 Å². The summed E-state index contributed by atoms with van der Waals surface area (Å²) in [7, 11) is 0. The number of benzene rings is 2. The van der Waals surface area contributed by atoms with Crippen LogP contribution in [0.1, 0.15) is 23.6 Å². The summed E-state index contributed by atoms with van der Waals surface area (Å²) in [5.41, 5.74) is 3.21. The maximum atomic E-state index is 11.3. The smallest absolute Gasteiger partial charge is 0.199 e. The van der Waals surface area contributed by atoms with Gasteiger partial charge in [-0.25, -0.2) is 0 Å². The molecule has 0 amide bonds.